The number of esters is 2. The first kappa shape index (κ1) is 32.9. The fraction of sp³-hybridized carbons (Fsp3) is 0.205. The summed E-state index contributed by atoms with van der Waals surface area (Å²) in [4.78, 5) is 25.4. The Morgan fingerprint density at radius 1 is 0.630 bits per heavy atom. The normalized spacial score (nSPS) is 13.0. The highest BCUT2D eigenvalue weighted by molar-refractivity contribution is 5.93. The van der Waals surface area contributed by atoms with E-state index in [1.165, 1.54) is 67.8 Å². The number of ether oxygens (including phenoxy) is 3. The lowest BCUT2D eigenvalue weighted by Crippen LogP contribution is -2.11. The molecule has 4 aromatic carbocycles. The first-order valence-electron chi connectivity index (χ1n) is 15.5. The van der Waals surface area contributed by atoms with Crippen LogP contribution in [0.3, 0.4) is 0 Å². The largest absolute Gasteiger partial charge is 0.490 e. The van der Waals surface area contributed by atoms with Gasteiger partial charge in [0.1, 0.15) is 11.5 Å². The Labute approximate surface area is 269 Å². The van der Waals surface area contributed by atoms with Gasteiger partial charge in [0.2, 0.25) is 5.82 Å². The number of carbonyl (C=O) groups is 2. The van der Waals surface area contributed by atoms with Crippen LogP contribution < -0.4 is 14.2 Å². The van der Waals surface area contributed by atoms with Crippen LogP contribution in [0.25, 0.3) is 11.1 Å². The molecule has 0 amide bonds. The molecule has 1 aliphatic carbocycles. The van der Waals surface area contributed by atoms with Crippen molar-refractivity contribution in [3.63, 3.8) is 0 Å². The predicted octanol–water partition coefficient (Wildman–Crippen LogP) is 9.56. The first-order valence-corrected chi connectivity index (χ1v) is 15.5. The van der Waals surface area contributed by atoms with Gasteiger partial charge in [-0.25, -0.2) is 14.0 Å². The predicted molar refractivity (Wildman–Crippen MR) is 173 cm³/mol. The SMILES string of the molecule is CCCCCCCCOc1ccc(-c2ccc(OC(=O)c3ccc(OC(=O)c4cccc([C]5[CH][CH][CH][CH]5)c4)cc3)cc2)c(F)c1F. The first-order chi connectivity index (χ1) is 22.4. The van der Waals surface area contributed by atoms with Crippen LogP contribution in [0.15, 0.2) is 84.9 Å². The molecule has 1 fully saturated rings. The van der Waals surface area contributed by atoms with Crippen molar-refractivity contribution in [2.75, 3.05) is 6.61 Å². The summed E-state index contributed by atoms with van der Waals surface area (Å²) < 4.78 is 46.1. The molecule has 0 aliphatic heterocycles. The Balaban J connectivity index is 1.13. The van der Waals surface area contributed by atoms with Crippen LogP contribution in [0, 0.1) is 43.2 Å². The molecule has 0 atom stereocenters. The lowest BCUT2D eigenvalue weighted by atomic mass is 9.96. The van der Waals surface area contributed by atoms with E-state index in [9.17, 15) is 18.4 Å². The zero-order chi connectivity index (χ0) is 32.3. The van der Waals surface area contributed by atoms with Crippen LogP contribution in [-0.4, -0.2) is 18.5 Å². The van der Waals surface area contributed by atoms with Gasteiger partial charge in [-0.15, -0.1) is 0 Å². The molecular weight excluding hydrogens is 586 g/mol. The van der Waals surface area contributed by atoms with E-state index in [-0.39, 0.29) is 28.4 Å². The molecule has 46 heavy (non-hydrogen) atoms. The highest BCUT2D eigenvalue weighted by atomic mass is 19.2. The van der Waals surface area contributed by atoms with Gasteiger partial charge in [-0.05, 0) is 104 Å². The van der Waals surface area contributed by atoms with Gasteiger partial charge in [0.05, 0.1) is 17.7 Å². The Kier molecular flexibility index (Phi) is 11.5. The smallest absolute Gasteiger partial charge is 0.343 e. The van der Waals surface area contributed by atoms with E-state index in [1.54, 1.807) is 30.3 Å². The number of hydrogen-bond acceptors (Lipinski definition) is 5. The number of unbranched alkanes of at least 4 members (excludes halogenated alkanes) is 5. The molecule has 0 spiro atoms. The number of benzene rings is 4. The van der Waals surface area contributed by atoms with Gasteiger partial charge in [-0.1, -0.05) is 63.3 Å². The number of hydrogen-bond donors (Lipinski definition) is 0. The second kappa shape index (κ2) is 16.2. The second-order valence-corrected chi connectivity index (χ2v) is 10.9. The van der Waals surface area contributed by atoms with E-state index in [4.69, 9.17) is 14.2 Å². The highest BCUT2D eigenvalue weighted by Crippen LogP contribution is 2.32. The van der Waals surface area contributed by atoms with Gasteiger partial charge >= 0.3 is 11.9 Å². The van der Waals surface area contributed by atoms with Crippen LogP contribution in [0.5, 0.6) is 17.2 Å². The Hall–Kier alpha value is -4.52. The molecule has 0 bridgehead atoms. The van der Waals surface area contributed by atoms with Gasteiger partial charge < -0.3 is 14.2 Å². The number of rotatable bonds is 14. The van der Waals surface area contributed by atoms with Gasteiger partial charge in [-0.3, -0.25) is 0 Å². The fourth-order valence-corrected chi connectivity index (χ4v) is 5.02. The zero-order valence-electron chi connectivity index (χ0n) is 25.6. The summed E-state index contributed by atoms with van der Waals surface area (Å²) in [5, 5.41) is 0. The average molecular weight is 622 g/mol. The zero-order valence-corrected chi connectivity index (χ0v) is 25.6. The summed E-state index contributed by atoms with van der Waals surface area (Å²) in [5.41, 5.74) is 2.05. The van der Waals surface area contributed by atoms with Crippen molar-refractivity contribution in [2.24, 2.45) is 0 Å². The van der Waals surface area contributed by atoms with Gasteiger partial charge in [-0.2, -0.15) is 4.39 Å². The standard InChI is InChI=1S/C39H35F2O5/c1-2-3-4-5-6-9-25-44-35-24-23-34(36(40)37(35)41)28-15-19-32(20-16-28)45-38(42)29-17-21-33(22-18-29)46-39(43)31-14-10-13-30(26-31)27-11-7-8-12-27/h7-8,10-24,26H,2-6,9,25H2,1H3. The van der Waals surface area contributed by atoms with Crippen molar-refractivity contribution in [2.45, 2.75) is 45.4 Å². The molecule has 0 aromatic heterocycles. The van der Waals surface area contributed by atoms with Crippen molar-refractivity contribution < 1.29 is 32.6 Å². The lowest BCUT2D eigenvalue weighted by molar-refractivity contribution is 0.0730. The van der Waals surface area contributed by atoms with E-state index < -0.39 is 23.6 Å². The van der Waals surface area contributed by atoms with Crippen molar-refractivity contribution in [1.29, 1.82) is 0 Å². The molecule has 0 N–H and O–H groups in total. The molecule has 7 heteroatoms. The molecule has 1 aliphatic rings. The third kappa shape index (κ3) is 8.59. The number of carbonyl (C=O) groups excluding carboxylic acids is 2. The quantitative estimate of drug-likeness (QED) is 0.0797. The second-order valence-electron chi connectivity index (χ2n) is 10.9. The average Bonchev–Trinajstić information content (AvgIpc) is 3.63. The molecule has 5 radical (unpaired) electrons. The van der Waals surface area contributed by atoms with Gasteiger partial charge in [0.25, 0.3) is 0 Å². The number of halogens is 2. The maximum Gasteiger partial charge on any atom is 0.343 e. The van der Waals surface area contributed by atoms with Crippen molar-refractivity contribution in [1.82, 2.24) is 0 Å². The molecular formula is C39H35F2O5. The van der Waals surface area contributed by atoms with Crippen LogP contribution in [0.1, 0.15) is 71.7 Å². The molecule has 5 rings (SSSR count). The summed E-state index contributed by atoms with van der Waals surface area (Å²) >= 11 is 0. The van der Waals surface area contributed by atoms with E-state index in [0.29, 0.717) is 17.7 Å². The minimum atomic E-state index is -1.03. The molecule has 5 nitrogen and oxygen atoms in total. The van der Waals surface area contributed by atoms with Crippen LogP contribution in [-0.2, 0) is 0 Å². The molecule has 0 heterocycles. The highest BCUT2D eigenvalue weighted by Gasteiger charge is 2.21. The van der Waals surface area contributed by atoms with Gasteiger partial charge in [0.15, 0.2) is 11.6 Å². The van der Waals surface area contributed by atoms with Gasteiger partial charge in [0, 0.05) is 11.5 Å². The van der Waals surface area contributed by atoms with Crippen LogP contribution in [0.4, 0.5) is 8.78 Å². The van der Waals surface area contributed by atoms with Crippen LogP contribution >= 0.6 is 0 Å². The van der Waals surface area contributed by atoms with E-state index in [2.05, 4.69) is 6.92 Å². The topological polar surface area (TPSA) is 61.8 Å². The van der Waals surface area contributed by atoms with Crippen molar-refractivity contribution in [3.8, 4) is 28.4 Å². The summed E-state index contributed by atoms with van der Waals surface area (Å²) in [7, 11) is 0. The minimum Gasteiger partial charge on any atom is -0.490 e. The third-order valence-corrected chi connectivity index (χ3v) is 7.57. The fourth-order valence-electron chi connectivity index (χ4n) is 5.02. The Morgan fingerprint density at radius 3 is 1.96 bits per heavy atom. The van der Waals surface area contributed by atoms with Crippen LogP contribution in [0.2, 0.25) is 0 Å². The van der Waals surface area contributed by atoms with Crippen molar-refractivity contribution >= 4 is 11.9 Å². The summed E-state index contributed by atoms with van der Waals surface area (Å²) in [6, 6.07) is 22.2. The molecule has 235 valence electrons. The molecule has 1 saturated carbocycles. The minimum absolute atomic E-state index is 0.0742. The summed E-state index contributed by atoms with van der Waals surface area (Å²) in [6.07, 6.45) is 14.2. The maximum absolute atomic E-state index is 14.9. The summed E-state index contributed by atoms with van der Waals surface area (Å²) in [5.74, 6) is -1.77. The van der Waals surface area contributed by atoms with E-state index in [1.807, 2.05) is 31.7 Å². The van der Waals surface area contributed by atoms with E-state index >= 15 is 0 Å². The molecule has 0 unspecified atom stereocenters. The molecule has 4 aromatic rings. The lowest BCUT2D eigenvalue weighted by Gasteiger charge is -2.11. The summed E-state index contributed by atoms with van der Waals surface area (Å²) in [6.45, 7) is 2.49. The van der Waals surface area contributed by atoms with E-state index in [0.717, 1.165) is 30.7 Å². The monoisotopic (exact) mass is 621 g/mol. The Bertz CT molecular complexity index is 1610. The Morgan fingerprint density at radius 2 is 1.26 bits per heavy atom. The van der Waals surface area contributed by atoms with Crippen molar-refractivity contribution in [3.05, 3.63) is 145 Å². The third-order valence-electron chi connectivity index (χ3n) is 7.57. The maximum atomic E-state index is 14.9. The molecule has 0 saturated heterocycles.